The zero-order valence-corrected chi connectivity index (χ0v) is 12.7. The number of thioether (sulfide) groups is 2. The first-order valence-electron chi connectivity index (χ1n) is 5.49. The predicted octanol–water partition coefficient (Wildman–Crippen LogP) is 3.73. The first-order chi connectivity index (χ1) is 9.15. The number of ketones is 1. The third-order valence-corrected chi connectivity index (χ3v) is 4.49. The van der Waals surface area contributed by atoms with Gasteiger partial charge in [-0.1, -0.05) is 12.1 Å². The van der Waals surface area contributed by atoms with Crippen LogP contribution in [0.2, 0.25) is 0 Å². The standard InChI is InChI=1S/C14H16O3S2/c1-17-11-6-4-10(5-7-11)12(9-15)13(16)8-14(18-2)19-3/h4-9,15H,1-3H3/b12-9-. The number of allylic oxidation sites excluding steroid dienone is 2. The molecule has 1 aromatic rings. The zero-order valence-electron chi connectivity index (χ0n) is 11.0. The fraction of sp³-hybridized carbons (Fsp3) is 0.214. The molecule has 1 N–H and O–H groups in total. The van der Waals surface area contributed by atoms with Crippen LogP contribution in [0.25, 0.3) is 5.57 Å². The first-order valence-corrected chi connectivity index (χ1v) is 7.94. The van der Waals surface area contributed by atoms with Crippen LogP contribution in [0.1, 0.15) is 5.56 Å². The average Bonchev–Trinajstić information content (AvgIpc) is 2.46. The molecule has 0 unspecified atom stereocenters. The molecular weight excluding hydrogens is 280 g/mol. The highest BCUT2D eigenvalue weighted by molar-refractivity contribution is 8.21. The Bertz CT molecular complexity index is 484. The molecule has 5 heteroatoms. The fourth-order valence-electron chi connectivity index (χ4n) is 1.44. The van der Waals surface area contributed by atoms with Crippen molar-refractivity contribution in [3.8, 4) is 5.75 Å². The number of hydrogen-bond acceptors (Lipinski definition) is 5. The van der Waals surface area contributed by atoms with E-state index in [0.29, 0.717) is 11.3 Å². The Kier molecular flexibility index (Phi) is 6.59. The third kappa shape index (κ3) is 4.36. The monoisotopic (exact) mass is 296 g/mol. The highest BCUT2D eigenvalue weighted by atomic mass is 32.2. The largest absolute Gasteiger partial charge is 0.515 e. The van der Waals surface area contributed by atoms with Crippen LogP contribution < -0.4 is 4.74 Å². The summed E-state index contributed by atoms with van der Waals surface area (Å²) < 4.78 is 5.96. The molecule has 0 aliphatic carbocycles. The van der Waals surface area contributed by atoms with Gasteiger partial charge in [-0.25, -0.2) is 0 Å². The summed E-state index contributed by atoms with van der Waals surface area (Å²) in [7, 11) is 1.58. The molecule has 0 saturated carbocycles. The molecule has 0 bridgehead atoms. The van der Waals surface area contributed by atoms with Crippen molar-refractivity contribution in [3.63, 3.8) is 0 Å². The van der Waals surface area contributed by atoms with E-state index < -0.39 is 0 Å². The van der Waals surface area contributed by atoms with E-state index in [4.69, 9.17) is 4.74 Å². The number of ether oxygens (including phenoxy) is 1. The van der Waals surface area contributed by atoms with Crippen molar-refractivity contribution in [1.29, 1.82) is 0 Å². The zero-order chi connectivity index (χ0) is 14.3. The molecule has 1 aromatic carbocycles. The van der Waals surface area contributed by atoms with Gasteiger partial charge in [0.15, 0.2) is 5.78 Å². The van der Waals surface area contributed by atoms with Gasteiger partial charge >= 0.3 is 0 Å². The summed E-state index contributed by atoms with van der Waals surface area (Å²) in [5.74, 6) is 0.490. The Hall–Kier alpha value is -1.33. The Balaban J connectivity index is 3.00. The van der Waals surface area contributed by atoms with Gasteiger partial charge in [0.1, 0.15) is 5.75 Å². The SMILES string of the molecule is COc1ccc(/C(=C/O)C(=O)C=C(SC)SC)cc1. The molecule has 0 saturated heterocycles. The lowest BCUT2D eigenvalue weighted by atomic mass is 10.0. The van der Waals surface area contributed by atoms with Crippen molar-refractivity contribution in [2.24, 2.45) is 0 Å². The maximum atomic E-state index is 12.1. The van der Waals surface area contributed by atoms with Crippen LogP contribution in [0, 0.1) is 0 Å². The number of benzene rings is 1. The maximum Gasteiger partial charge on any atom is 0.191 e. The van der Waals surface area contributed by atoms with E-state index in [-0.39, 0.29) is 11.4 Å². The summed E-state index contributed by atoms with van der Waals surface area (Å²) >= 11 is 3.00. The van der Waals surface area contributed by atoms with Crippen molar-refractivity contribution in [2.45, 2.75) is 0 Å². The Morgan fingerprint density at radius 1 is 1.21 bits per heavy atom. The molecule has 0 aliphatic rings. The third-order valence-electron chi connectivity index (χ3n) is 2.45. The number of methoxy groups -OCH3 is 1. The van der Waals surface area contributed by atoms with Gasteiger partial charge in [0.2, 0.25) is 0 Å². The lowest BCUT2D eigenvalue weighted by Crippen LogP contribution is -1.99. The Morgan fingerprint density at radius 2 is 1.79 bits per heavy atom. The second-order valence-electron chi connectivity index (χ2n) is 3.51. The van der Waals surface area contributed by atoms with Gasteiger partial charge in [-0.05, 0) is 30.2 Å². The number of carbonyl (C=O) groups excluding carboxylic acids is 1. The minimum Gasteiger partial charge on any atom is -0.515 e. The molecule has 19 heavy (non-hydrogen) atoms. The first kappa shape index (κ1) is 15.7. The van der Waals surface area contributed by atoms with Crippen molar-refractivity contribution in [3.05, 3.63) is 46.4 Å². The lowest BCUT2D eigenvalue weighted by molar-refractivity contribution is -0.109. The van der Waals surface area contributed by atoms with Gasteiger partial charge in [-0.2, -0.15) is 0 Å². The van der Waals surface area contributed by atoms with E-state index in [1.807, 2.05) is 12.5 Å². The van der Waals surface area contributed by atoms with Gasteiger partial charge in [-0.3, -0.25) is 4.79 Å². The summed E-state index contributed by atoms with van der Waals surface area (Å²) in [4.78, 5) is 12.1. The summed E-state index contributed by atoms with van der Waals surface area (Å²) in [5.41, 5.74) is 0.925. The van der Waals surface area contributed by atoms with E-state index >= 15 is 0 Å². The topological polar surface area (TPSA) is 46.5 Å². The molecular formula is C14H16O3S2. The molecule has 0 radical (unpaired) electrons. The minimum atomic E-state index is -0.216. The van der Waals surface area contributed by atoms with Gasteiger partial charge in [-0.15, -0.1) is 23.5 Å². The number of aliphatic hydroxyl groups excluding tert-OH is 1. The van der Waals surface area contributed by atoms with E-state index in [1.165, 1.54) is 29.6 Å². The van der Waals surface area contributed by atoms with E-state index in [9.17, 15) is 9.90 Å². The summed E-state index contributed by atoms with van der Waals surface area (Å²) in [6.45, 7) is 0. The van der Waals surface area contributed by atoms with Gasteiger partial charge < -0.3 is 9.84 Å². The van der Waals surface area contributed by atoms with Crippen molar-refractivity contribution in [1.82, 2.24) is 0 Å². The fourth-order valence-corrected chi connectivity index (χ4v) is 2.55. The van der Waals surface area contributed by atoms with Crippen molar-refractivity contribution in [2.75, 3.05) is 19.6 Å². The maximum absolute atomic E-state index is 12.1. The van der Waals surface area contributed by atoms with E-state index in [1.54, 1.807) is 31.4 Å². The van der Waals surface area contributed by atoms with Crippen LogP contribution in [-0.2, 0) is 4.79 Å². The molecule has 3 nitrogen and oxygen atoms in total. The van der Waals surface area contributed by atoms with Gasteiger partial charge in [0.05, 0.1) is 18.9 Å². The van der Waals surface area contributed by atoms with Crippen LogP contribution in [0.3, 0.4) is 0 Å². The predicted molar refractivity (Wildman–Crippen MR) is 83.7 cm³/mol. The number of hydrogen-bond donors (Lipinski definition) is 1. The van der Waals surface area contributed by atoms with Gasteiger partial charge in [0.25, 0.3) is 0 Å². The normalized spacial score (nSPS) is 11.0. The summed E-state index contributed by atoms with van der Waals surface area (Å²) in [6.07, 6.45) is 6.19. The Labute approximate surface area is 121 Å². The molecule has 1 rings (SSSR count). The quantitative estimate of drug-likeness (QED) is 0.640. The molecule has 0 amide bonds. The van der Waals surface area contributed by atoms with Crippen LogP contribution in [0.5, 0.6) is 5.75 Å². The molecule has 0 spiro atoms. The van der Waals surface area contributed by atoms with Crippen LogP contribution in [-0.4, -0.2) is 30.5 Å². The lowest BCUT2D eigenvalue weighted by Gasteiger charge is -2.05. The summed E-state index contributed by atoms with van der Waals surface area (Å²) in [6, 6.07) is 6.98. The molecule has 102 valence electrons. The van der Waals surface area contributed by atoms with Crippen LogP contribution >= 0.6 is 23.5 Å². The number of carbonyl (C=O) groups is 1. The molecule has 0 heterocycles. The highest BCUT2D eigenvalue weighted by Gasteiger charge is 2.11. The molecule has 0 aromatic heterocycles. The smallest absolute Gasteiger partial charge is 0.191 e. The van der Waals surface area contributed by atoms with Crippen molar-refractivity contribution < 1.29 is 14.6 Å². The van der Waals surface area contributed by atoms with Gasteiger partial charge in [0, 0.05) is 10.3 Å². The van der Waals surface area contributed by atoms with E-state index in [0.717, 1.165) is 10.5 Å². The second kappa shape index (κ2) is 7.96. The summed E-state index contributed by atoms with van der Waals surface area (Å²) in [5, 5.41) is 9.28. The number of rotatable bonds is 6. The average molecular weight is 296 g/mol. The highest BCUT2D eigenvalue weighted by Crippen LogP contribution is 2.26. The molecule has 0 aliphatic heterocycles. The number of aliphatic hydroxyl groups is 1. The Morgan fingerprint density at radius 3 is 2.21 bits per heavy atom. The molecule has 0 atom stereocenters. The minimum absolute atomic E-state index is 0.216. The van der Waals surface area contributed by atoms with Crippen molar-refractivity contribution >= 4 is 34.9 Å². The van der Waals surface area contributed by atoms with Crippen LogP contribution in [0.15, 0.2) is 40.8 Å². The van der Waals surface area contributed by atoms with Crippen LogP contribution in [0.4, 0.5) is 0 Å². The molecule has 0 fully saturated rings. The van der Waals surface area contributed by atoms with E-state index in [2.05, 4.69) is 0 Å². The second-order valence-corrected chi connectivity index (χ2v) is 5.46.